The Morgan fingerprint density at radius 1 is 1.16 bits per heavy atom. The van der Waals surface area contributed by atoms with Crippen molar-refractivity contribution in [3.8, 4) is 0 Å². The second-order valence-corrected chi connectivity index (χ2v) is 7.43. The Morgan fingerprint density at radius 2 is 1.95 bits per heavy atom. The second-order valence-electron chi connectivity index (χ2n) is 4.17. The van der Waals surface area contributed by atoms with Crippen LogP contribution in [-0.2, 0) is 0 Å². The molecule has 3 aromatic rings. The van der Waals surface area contributed by atoms with Gasteiger partial charge in [0.25, 0.3) is 0 Å². The number of aromatic nitrogens is 1. The summed E-state index contributed by atoms with van der Waals surface area (Å²) in [5, 5.41) is 1.12. The van der Waals surface area contributed by atoms with Crippen molar-refractivity contribution in [2.24, 2.45) is 5.73 Å². The van der Waals surface area contributed by atoms with Gasteiger partial charge in [0.05, 0.1) is 15.3 Å². The first-order valence-electron chi connectivity index (χ1n) is 5.71. The number of halogens is 2. The number of para-hydroxylation sites is 1. The molecule has 0 bridgehead atoms. The zero-order valence-electron chi connectivity index (χ0n) is 9.81. The molecule has 19 heavy (non-hydrogen) atoms. The highest BCUT2D eigenvalue weighted by molar-refractivity contribution is 9.13. The summed E-state index contributed by atoms with van der Waals surface area (Å²) in [6.07, 6.45) is 1.80. The van der Waals surface area contributed by atoms with Crippen molar-refractivity contribution < 1.29 is 0 Å². The molecule has 1 atom stereocenters. The van der Waals surface area contributed by atoms with Gasteiger partial charge in [0.15, 0.2) is 0 Å². The van der Waals surface area contributed by atoms with Gasteiger partial charge in [0.1, 0.15) is 0 Å². The van der Waals surface area contributed by atoms with Crippen LogP contribution in [0.25, 0.3) is 10.9 Å². The fourth-order valence-corrected chi connectivity index (χ4v) is 4.16. The fraction of sp³-hybridized carbons (Fsp3) is 0.0714. The molecule has 0 fully saturated rings. The maximum absolute atomic E-state index is 6.39. The number of thiophene rings is 1. The number of nitrogens with two attached hydrogens (primary N) is 1. The molecular weight excluding hydrogens is 388 g/mol. The Kier molecular flexibility index (Phi) is 3.71. The Morgan fingerprint density at radius 3 is 2.68 bits per heavy atom. The molecule has 3 rings (SSSR count). The van der Waals surface area contributed by atoms with E-state index in [1.54, 1.807) is 17.5 Å². The summed E-state index contributed by atoms with van der Waals surface area (Å²) in [5.74, 6) is 0. The zero-order valence-corrected chi connectivity index (χ0v) is 13.8. The summed E-state index contributed by atoms with van der Waals surface area (Å²) in [4.78, 5) is 5.57. The van der Waals surface area contributed by atoms with E-state index < -0.39 is 0 Å². The molecule has 0 radical (unpaired) electrons. The van der Waals surface area contributed by atoms with Gasteiger partial charge in [-0.2, -0.15) is 0 Å². The van der Waals surface area contributed by atoms with Crippen LogP contribution in [0, 0.1) is 0 Å². The molecule has 0 saturated heterocycles. The first-order chi connectivity index (χ1) is 9.16. The summed E-state index contributed by atoms with van der Waals surface area (Å²) in [5.41, 5.74) is 8.42. The number of benzene rings is 1. The smallest absolute Gasteiger partial charge is 0.0843 e. The summed E-state index contributed by atoms with van der Waals surface area (Å²) in [6, 6.07) is 12.0. The van der Waals surface area contributed by atoms with E-state index in [4.69, 9.17) is 5.73 Å². The van der Waals surface area contributed by atoms with Gasteiger partial charge < -0.3 is 5.73 Å². The van der Waals surface area contributed by atoms with Crippen LogP contribution in [0.2, 0.25) is 0 Å². The lowest BCUT2D eigenvalue weighted by Gasteiger charge is -2.12. The maximum atomic E-state index is 6.39. The van der Waals surface area contributed by atoms with E-state index >= 15 is 0 Å². The molecule has 0 saturated carbocycles. The number of fused-ring (bicyclic) bond motifs is 1. The SMILES string of the molecule is NC(c1cc(Br)c(Br)s1)c1cccc2cccnc12. The highest BCUT2D eigenvalue weighted by Crippen LogP contribution is 2.37. The number of hydrogen-bond acceptors (Lipinski definition) is 3. The molecule has 0 amide bonds. The maximum Gasteiger partial charge on any atom is 0.0843 e. The highest BCUT2D eigenvalue weighted by Gasteiger charge is 2.16. The number of rotatable bonds is 2. The molecule has 2 nitrogen and oxygen atoms in total. The molecule has 0 aliphatic heterocycles. The fourth-order valence-electron chi connectivity index (χ4n) is 2.05. The monoisotopic (exact) mass is 396 g/mol. The van der Waals surface area contributed by atoms with E-state index in [1.165, 1.54) is 0 Å². The Hall–Kier alpha value is -0.750. The lowest BCUT2D eigenvalue weighted by molar-refractivity contribution is 0.899. The first kappa shape index (κ1) is 13.2. The van der Waals surface area contributed by atoms with Crippen molar-refractivity contribution in [1.29, 1.82) is 0 Å². The van der Waals surface area contributed by atoms with Gasteiger partial charge in [-0.25, -0.2) is 0 Å². The van der Waals surface area contributed by atoms with Crippen LogP contribution in [-0.4, -0.2) is 4.98 Å². The van der Waals surface area contributed by atoms with E-state index in [0.717, 1.165) is 29.6 Å². The van der Waals surface area contributed by atoms with Crippen LogP contribution in [0.3, 0.4) is 0 Å². The Labute approximate surface area is 131 Å². The van der Waals surface area contributed by atoms with Gasteiger partial charge in [-0.15, -0.1) is 11.3 Å². The van der Waals surface area contributed by atoms with Crippen molar-refractivity contribution in [2.45, 2.75) is 6.04 Å². The summed E-state index contributed by atoms with van der Waals surface area (Å²) in [6.45, 7) is 0. The van der Waals surface area contributed by atoms with Gasteiger partial charge in [0.2, 0.25) is 0 Å². The van der Waals surface area contributed by atoms with Crippen LogP contribution in [0.15, 0.2) is 50.9 Å². The molecule has 5 heteroatoms. The van der Waals surface area contributed by atoms with Gasteiger partial charge in [0, 0.05) is 26.5 Å². The minimum Gasteiger partial charge on any atom is -0.320 e. The standard InChI is InChI=1S/C14H10Br2N2S/c15-10-7-11(19-14(10)16)12(17)9-5-1-3-8-4-2-6-18-13(8)9/h1-7,12H,17H2. The Bertz CT molecular complexity index is 714. The average molecular weight is 398 g/mol. The van der Waals surface area contributed by atoms with Crippen molar-refractivity contribution >= 4 is 54.1 Å². The largest absolute Gasteiger partial charge is 0.320 e. The molecule has 0 aliphatic rings. The van der Waals surface area contributed by atoms with Gasteiger partial charge in [-0.05, 0) is 44.0 Å². The topological polar surface area (TPSA) is 38.9 Å². The second kappa shape index (κ2) is 5.32. The van der Waals surface area contributed by atoms with Crippen LogP contribution in [0.4, 0.5) is 0 Å². The Balaban J connectivity index is 2.13. The minimum absolute atomic E-state index is 0.161. The van der Waals surface area contributed by atoms with Gasteiger partial charge in [-0.3, -0.25) is 4.98 Å². The minimum atomic E-state index is -0.161. The van der Waals surface area contributed by atoms with E-state index in [0.29, 0.717) is 0 Å². The number of nitrogens with zero attached hydrogens (tertiary/aromatic N) is 1. The van der Waals surface area contributed by atoms with Crippen molar-refractivity contribution in [1.82, 2.24) is 4.98 Å². The predicted octanol–water partition coefficient (Wildman–Crippen LogP) is 4.87. The molecular formula is C14H10Br2N2S. The predicted molar refractivity (Wildman–Crippen MR) is 87.5 cm³/mol. The van der Waals surface area contributed by atoms with Crippen molar-refractivity contribution in [3.63, 3.8) is 0 Å². The molecule has 2 aromatic heterocycles. The van der Waals surface area contributed by atoms with E-state index in [1.807, 2.05) is 18.2 Å². The first-order valence-corrected chi connectivity index (χ1v) is 8.11. The lowest BCUT2D eigenvalue weighted by atomic mass is 10.0. The molecule has 96 valence electrons. The summed E-state index contributed by atoms with van der Waals surface area (Å²) >= 11 is 8.65. The number of pyridine rings is 1. The van der Waals surface area contributed by atoms with Crippen molar-refractivity contribution in [2.75, 3.05) is 0 Å². The third kappa shape index (κ3) is 2.48. The van der Waals surface area contributed by atoms with Crippen LogP contribution >= 0.6 is 43.2 Å². The quantitative estimate of drug-likeness (QED) is 0.669. The third-order valence-electron chi connectivity index (χ3n) is 2.97. The normalized spacial score (nSPS) is 12.8. The van der Waals surface area contributed by atoms with Gasteiger partial charge in [-0.1, -0.05) is 24.3 Å². The molecule has 2 N–H and O–H groups in total. The molecule has 1 aromatic carbocycles. The molecule has 2 heterocycles. The van der Waals surface area contributed by atoms with Crippen LogP contribution in [0.5, 0.6) is 0 Å². The van der Waals surface area contributed by atoms with Gasteiger partial charge >= 0.3 is 0 Å². The lowest BCUT2D eigenvalue weighted by Crippen LogP contribution is -2.11. The molecule has 1 unspecified atom stereocenters. The molecule has 0 aliphatic carbocycles. The van der Waals surface area contributed by atoms with E-state index in [9.17, 15) is 0 Å². The van der Waals surface area contributed by atoms with E-state index in [-0.39, 0.29) is 6.04 Å². The van der Waals surface area contributed by atoms with Crippen molar-refractivity contribution in [3.05, 3.63) is 61.3 Å². The summed E-state index contributed by atoms with van der Waals surface area (Å²) < 4.78 is 2.10. The summed E-state index contributed by atoms with van der Waals surface area (Å²) in [7, 11) is 0. The van der Waals surface area contributed by atoms with E-state index in [2.05, 4.69) is 55.0 Å². The number of hydrogen-bond donors (Lipinski definition) is 1. The van der Waals surface area contributed by atoms with Crippen LogP contribution < -0.4 is 5.73 Å². The third-order valence-corrected chi connectivity index (χ3v) is 6.31. The van der Waals surface area contributed by atoms with Crippen LogP contribution in [0.1, 0.15) is 16.5 Å². The average Bonchev–Trinajstić information content (AvgIpc) is 2.77. The highest BCUT2D eigenvalue weighted by atomic mass is 79.9. The zero-order chi connectivity index (χ0) is 13.4. The molecule has 0 spiro atoms.